The van der Waals surface area contributed by atoms with Crippen LogP contribution in [-0.4, -0.2) is 48.0 Å². The van der Waals surface area contributed by atoms with Gasteiger partial charge in [0.15, 0.2) is 0 Å². The molecule has 0 bridgehead atoms. The predicted molar refractivity (Wildman–Crippen MR) is 136 cm³/mol. The minimum absolute atomic E-state index is 0.0354. The van der Waals surface area contributed by atoms with E-state index < -0.39 is 9.84 Å². The third-order valence-corrected chi connectivity index (χ3v) is 8.67. The van der Waals surface area contributed by atoms with Gasteiger partial charge in [0.1, 0.15) is 0 Å². The van der Waals surface area contributed by atoms with Crippen molar-refractivity contribution in [1.29, 1.82) is 0 Å². The average Bonchev–Trinajstić information content (AvgIpc) is 3.49. The predicted octanol–water partition coefficient (Wildman–Crippen LogP) is 4.83. The molecular weight excluding hydrogens is 462 g/mol. The molecule has 4 rings (SSSR count). The van der Waals surface area contributed by atoms with E-state index in [0.29, 0.717) is 13.1 Å². The number of hydrogen-bond donors (Lipinski definition) is 0. The molecule has 1 aromatic heterocycles. The second kappa shape index (κ2) is 11.2. The van der Waals surface area contributed by atoms with E-state index in [1.54, 1.807) is 6.20 Å². The number of hydrogen-bond acceptors (Lipinski definition) is 5. The Morgan fingerprint density at radius 3 is 2.60 bits per heavy atom. The third-order valence-electron chi connectivity index (χ3n) is 7.10. The zero-order valence-electron chi connectivity index (χ0n) is 21.3. The molecule has 2 fully saturated rings. The van der Waals surface area contributed by atoms with Crippen LogP contribution in [0.15, 0.2) is 35.6 Å². The normalized spacial score (nSPS) is 19.4. The van der Waals surface area contributed by atoms with Gasteiger partial charge >= 0.3 is 0 Å². The number of aryl methyl sites for hydroxylation is 1. The standard InChI is InChI=1S/C27H39N3O4S/c1-20(2)26(31)29(18-25-13-8-14-34-25)17-24-16-28-27(30(24)23-11-5-4-6-12-23)35(32,33)19-22-10-7-9-21(3)15-22/h7,9-10,15-16,20,23,25H,4-6,8,11-14,17-19H2,1-3H3/t25-/m1/s1. The van der Waals surface area contributed by atoms with Crippen LogP contribution in [0.25, 0.3) is 0 Å². The lowest BCUT2D eigenvalue weighted by molar-refractivity contribution is -0.136. The van der Waals surface area contributed by atoms with Crippen molar-refractivity contribution in [2.45, 2.75) is 95.3 Å². The van der Waals surface area contributed by atoms with Crippen LogP contribution in [0.2, 0.25) is 0 Å². The second-order valence-electron chi connectivity index (χ2n) is 10.5. The van der Waals surface area contributed by atoms with Crippen molar-refractivity contribution in [3.05, 3.63) is 47.3 Å². The zero-order valence-corrected chi connectivity index (χ0v) is 22.1. The molecule has 1 aliphatic heterocycles. The maximum atomic E-state index is 13.6. The first-order valence-electron chi connectivity index (χ1n) is 13.0. The lowest BCUT2D eigenvalue weighted by Gasteiger charge is -2.30. The molecule has 0 radical (unpaired) electrons. The lowest BCUT2D eigenvalue weighted by atomic mass is 9.95. The van der Waals surface area contributed by atoms with Crippen LogP contribution in [0.4, 0.5) is 0 Å². The first kappa shape index (κ1) is 25.9. The van der Waals surface area contributed by atoms with Gasteiger partial charge in [-0.15, -0.1) is 0 Å². The summed E-state index contributed by atoms with van der Waals surface area (Å²) in [6.45, 7) is 7.38. The Labute approximate surface area is 209 Å². The fraction of sp³-hybridized carbons (Fsp3) is 0.630. The molecule has 0 unspecified atom stereocenters. The number of aromatic nitrogens is 2. The summed E-state index contributed by atoms with van der Waals surface area (Å²) >= 11 is 0. The molecule has 7 nitrogen and oxygen atoms in total. The van der Waals surface area contributed by atoms with Gasteiger partial charge in [0.2, 0.25) is 20.9 Å². The van der Waals surface area contributed by atoms with Gasteiger partial charge in [-0.2, -0.15) is 0 Å². The molecule has 1 atom stereocenters. The van der Waals surface area contributed by atoms with E-state index in [4.69, 9.17) is 4.74 Å². The maximum Gasteiger partial charge on any atom is 0.228 e. The Morgan fingerprint density at radius 2 is 1.94 bits per heavy atom. The van der Waals surface area contributed by atoms with Gasteiger partial charge in [-0.25, -0.2) is 13.4 Å². The second-order valence-corrected chi connectivity index (χ2v) is 12.3. The fourth-order valence-electron chi connectivity index (χ4n) is 5.37. The topological polar surface area (TPSA) is 81.5 Å². The average molecular weight is 502 g/mol. The Bertz CT molecular complexity index is 1110. The lowest BCUT2D eigenvalue weighted by Crippen LogP contribution is -2.40. The maximum absolute atomic E-state index is 13.6. The van der Waals surface area contributed by atoms with Crippen LogP contribution >= 0.6 is 0 Å². The summed E-state index contributed by atoms with van der Waals surface area (Å²) in [5, 5.41) is 0.134. The van der Waals surface area contributed by atoms with Gasteiger partial charge in [0.05, 0.1) is 30.3 Å². The smallest absolute Gasteiger partial charge is 0.228 e. The number of sulfone groups is 1. The van der Waals surface area contributed by atoms with Gasteiger partial charge in [0.25, 0.3) is 0 Å². The van der Waals surface area contributed by atoms with Crippen LogP contribution in [0.1, 0.15) is 81.7 Å². The largest absolute Gasteiger partial charge is 0.376 e. The fourth-order valence-corrected chi connectivity index (χ4v) is 6.89. The highest BCUT2D eigenvalue weighted by atomic mass is 32.2. The van der Waals surface area contributed by atoms with Crippen molar-refractivity contribution >= 4 is 15.7 Å². The quantitative estimate of drug-likeness (QED) is 0.491. The summed E-state index contributed by atoms with van der Waals surface area (Å²) in [7, 11) is -3.66. The molecule has 2 aliphatic rings. The van der Waals surface area contributed by atoms with E-state index in [-0.39, 0.29) is 34.9 Å². The highest BCUT2D eigenvalue weighted by molar-refractivity contribution is 7.90. The summed E-state index contributed by atoms with van der Waals surface area (Å²) in [5.41, 5.74) is 2.59. The summed E-state index contributed by atoms with van der Waals surface area (Å²) in [6.07, 6.45) is 8.84. The first-order chi connectivity index (χ1) is 16.7. The van der Waals surface area contributed by atoms with Gasteiger partial charge in [-0.1, -0.05) is 62.9 Å². The molecular formula is C27H39N3O4S. The monoisotopic (exact) mass is 501 g/mol. The summed E-state index contributed by atoms with van der Waals surface area (Å²) in [6, 6.07) is 7.70. The first-order valence-corrected chi connectivity index (χ1v) is 14.6. The number of ether oxygens (including phenoxy) is 1. The highest BCUT2D eigenvalue weighted by Crippen LogP contribution is 2.33. The molecule has 1 amide bonds. The van der Waals surface area contributed by atoms with Gasteiger partial charge in [0, 0.05) is 25.1 Å². The minimum Gasteiger partial charge on any atom is -0.376 e. The molecule has 1 aromatic carbocycles. The van der Waals surface area contributed by atoms with Crippen molar-refractivity contribution in [1.82, 2.24) is 14.5 Å². The molecule has 192 valence electrons. The van der Waals surface area contributed by atoms with Crippen LogP contribution < -0.4 is 0 Å². The zero-order chi connectivity index (χ0) is 25.0. The third kappa shape index (κ3) is 6.33. The number of carbonyl (C=O) groups is 1. The van der Waals surface area contributed by atoms with Crippen molar-refractivity contribution in [2.75, 3.05) is 13.2 Å². The Morgan fingerprint density at radius 1 is 1.17 bits per heavy atom. The number of benzene rings is 1. The van der Waals surface area contributed by atoms with E-state index in [1.165, 1.54) is 6.42 Å². The van der Waals surface area contributed by atoms with Crippen molar-refractivity contribution in [3.63, 3.8) is 0 Å². The number of amides is 1. The molecule has 1 saturated heterocycles. The van der Waals surface area contributed by atoms with Gasteiger partial charge in [-0.05, 0) is 38.2 Å². The number of carbonyl (C=O) groups excluding carboxylic acids is 1. The van der Waals surface area contributed by atoms with Crippen molar-refractivity contribution < 1.29 is 17.9 Å². The summed E-state index contributed by atoms with van der Waals surface area (Å²) in [5.74, 6) is -0.171. The van der Waals surface area contributed by atoms with E-state index in [9.17, 15) is 13.2 Å². The number of rotatable bonds is 9. The summed E-state index contributed by atoms with van der Waals surface area (Å²) < 4.78 is 35.0. The van der Waals surface area contributed by atoms with E-state index in [0.717, 1.165) is 62.0 Å². The van der Waals surface area contributed by atoms with Crippen LogP contribution in [0.3, 0.4) is 0 Å². The van der Waals surface area contributed by atoms with Crippen LogP contribution in [0.5, 0.6) is 0 Å². The SMILES string of the molecule is Cc1cccc(CS(=O)(=O)c2ncc(CN(C[C@H]3CCCO3)C(=O)C(C)C)n2C2CCCCC2)c1. The van der Waals surface area contributed by atoms with Crippen LogP contribution in [-0.2, 0) is 31.7 Å². The molecule has 2 heterocycles. The molecule has 1 saturated carbocycles. The molecule has 0 N–H and O–H groups in total. The van der Waals surface area contributed by atoms with Crippen molar-refractivity contribution in [2.24, 2.45) is 5.92 Å². The van der Waals surface area contributed by atoms with Crippen LogP contribution in [0, 0.1) is 12.8 Å². The molecule has 1 aliphatic carbocycles. The molecule has 0 spiro atoms. The molecule has 2 aromatic rings. The molecule has 35 heavy (non-hydrogen) atoms. The van der Waals surface area contributed by atoms with E-state index in [2.05, 4.69) is 4.98 Å². The highest BCUT2D eigenvalue weighted by Gasteiger charge is 2.31. The Balaban J connectivity index is 1.67. The Hall–Kier alpha value is -2.19. The minimum atomic E-state index is -3.66. The van der Waals surface area contributed by atoms with E-state index in [1.807, 2.05) is 54.5 Å². The number of nitrogens with zero attached hydrogens (tertiary/aromatic N) is 3. The Kier molecular flexibility index (Phi) is 8.32. The van der Waals surface area contributed by atoms with Crippen molar-refractivity contribution in [3.8, 4) is 0 Å². The van der Waals surface area contributed by atoms with Gasteiger partial charge < -0.3 is 14.2 Å². The van der Waals surface area contributed by atoms with E-state index >= 15 is 0 Å². The summed E-state index contributed by atoms with van der Waals surface area (Å²) in [4.78, 5) is 19.4. The number of imidazole rings is 1. The molecule has 8 heteroatoms. The van der Waals surface area contributed by atoms with Gasteiger partial charge in [-0.3, -0.25) is 4.79 Å².